The van der Waals surface area contributed by atoms with Crippen LogP contribution in [0.5, 0.6) is 0 Å². The molecule has 1 aliphatic rings. The van der Waals surface area contributed by atoms with Crippen LogP contribution in [0.25, 0.3) is 10.9 Å². The molecule has 5 heteroatoms. The van der Waals surface area contributed by atoms with E-state index >= 15 is 0 Å². The molecule has 1 fully saturated rings. The lowest BCUT2D eigenvalue weighted by molar-refractivity contribution is -0.121. The molecule has 106 valence electrons. The van der Waals surface area contributed by atoms with Crippen LogP contribution in [0.15, 0.2) is 24.4 Å². The number of rotatable bonds is 5. The molecule has 0 unspecified atom stereocenters. The summed E-state index contributed by atoms with van der Waals surface area (Å²) < 4.78 is 1.96. The Balaban J connectivity index is 1.94. The fourth-order valence-electron chi connectivity index (χ4n) is 2.39. The van der Waals surface area contributed by atoms with Gasteiger partial charge in [-0.05, 0) is 30.5 Å². The standard InChI is InChI=1S/C15H18ClN3O/c1-17-15(20)9-19-8-10(7-18-12-3-4-12)13-5-2-11(16)6-14(13)19/h2,5-6,8,12,18H,3-4,7,9H2,1H3,(H,17,20). The van der Waals surface area contributed by atoms with Crippen molar-refractivity contribution in [2.24, 2.45) is 0 Å². The molecule has 1 amide bonds. The normalized spacial score (nSPS) is 14.7. The fourth-order valence-corrected chi connectivity index (χ4v) is 2.55. The number of hydrogen-bond donors (Lipinski definition) is 2. The van der Waals surface area contributed by atoms with Crippen LogP contribution in [-0.4, -0.2) is 23.6 Å². The maximum atomic E-state index is 11.6. The molecule has 0 aliphatic heterocycles. The highest BCUT2D eigenvalue weighted by atomic mass is 35.5. The van der Waals surface area contributed by atoms with E-state index in [-0.39, 0.29) is 5.91 Å². The van der Waals surface area contributed by atoms with Crippen LogP contribution < -0.4 is 10.6 Å². The fraction of sp³-hybridized carbons (Fsp3) is 0.400. The van der Waals surface area contributed by atoms with Gasteiger partial charge in [-0.1, -0.05) is 17.7 Å². The molecule has 4 nitrogen and oxygen atoms in total. The monoisotopic (exact) mass is 291 g/mol. The summed E-state index contributed by atoms with van der Waals surface area (Å²) in [5.41, 5.74) is 2.22. The van der Waals surface area contributed by atoms with E-state index in [0.29, 0.717) is 17.6 Å². The van der Waals surface area contributed by atoms with Gasteiger partial charge in [0.2, 0.25) is 5.91 Å². The first-order valence-corrected chi connectivity index (χ1v) is 7.26. The molecule has 0 atom stereocenters. The average molecular weight is 292 g/mol. The first-order chi connectivity index (χ1) is 9.67. The number of carbonyl (C=O) groups is 1. The Morgan fingerprint density at radius 2 is 2.25 bits per heavy atom. The molecule has 0 radical (unpaired) electrons. The van der Waals surface area contributed by atoms with Crippen LogP contribution in [0, 0.1) is 0 Å². The van der Waals surface area contributed by atoms with E-state index in [1.54, 1.807) is 7.05 Å². The van der Waals surface area contributed by atoms with Gasteiger partial charge in [0, 0.05) is 36.2 Å². The quantitative estimate of drug-likeness (QED) is 0.888. The molecule has 2 N–H and O–H groups in total. The maximum absolute atomic E-state index is 11.6. The van der Waals surface area contributed by atoms with Crippen molar-refractivity contribution in [1.82, 2.24) is 15.2 Å². The summed E-state index contributed by atoms with van der Waals surface area (Å²) in [7, 11) is 1.65. The van der Waals surface area contributed by atoms with Crippen LogP contribution in [-0.2, 0) is 17.9 Å². The molecule has 1 heterocycles. The Bertz CT molecular complexity index is 646. The number of nitrogens with one attached hydrogen (secondary N) is 2. The largest absolute Gasteiger partial charge is 0.358 e. The molecule has 1 aliphatic carbocycles. The average Bonchev–Trinajstić information content (AvgIpc) is 3.21. The Hall–Kier alpha value is -1.52. The van der Waals surface area contributed by atoms with Crippen molar-refractivity contribution < 1.29 is 4.79 Å². The summed E-state index contributed by atoms with van der Waals surface area (Å²) in [6, 6.07) is 6.51. The Morgan fingerprint density at radius 1 is 1.45 bits per heavy atom. The summed E-state index contributed by atoms with van der Waals surface area (Å²) in [5, 5.41) is 8.02. The highest BCUT2D eigenvalue weighted by Crippen LogP contribution is 2.26. The molecule has 1 aromatic heterocycles. The van der Waals surface area contributed by atoms with Crippen molar-refractivity contribution in [2.45, 2.75) is 32.0 Å². The minimum Gasteiger partial charge on any atom is -0.358 e. The molecule has 3 rings (SSSR count). The highest BCUT2D eigenvalue weighted by Gasteiger charge is 2.21. The van der Waals surface area contributed by atoms with Gasteiger partial charge in [0.05, 0.1) is 5.52 Å². The molecule has 0 spiro atoms. The van der Waals surface area contributed by atoms with Gasteiger partial charge in [-0.15, -0.1) is 0 Å². The summed E-state index contributed by atoms with van der Waals surface area (Å²) in [6.07, 6.45) is 4.58. The van der Waals surface area contributed by atoms with Crippen LogP contribution in [0.3, 0.4) is 0 Å². The van der Waals surface area contributed by atoms with E-state index in [1.807, 2.05) is 29.0 Å². The number of fused-ring (bicyclic) bond motifs is 1. The number of benzene rings is 1. The van der Waals surface area contributed by atoms with Crippen LogP contribution in [0.1, 0.15) is 18.4 Å². The van der Waals surface area contributed by atoms with E-state index in [2.05, 4.69) is 10.6 Å². The minimum absolute atomic E-state index is 0.0106. The number of amides is 1. The van der Waals surface area contributed by atoms with E-state index in [9.17, 15) is 4.79 Å². The number of halogens is 1. The van der Waals surface area contributed by atoms with Crippen LogP contribution >= 0.6 is 11.6 Å². The maximum Gasteiger partial charge on any atom is 0.239 e. The summed E-state index contributed by atoms with van der Waals surface area (Å²) >= 11 is 6.08. The van der Waals surface area contributed by atoms with Crippen molar-refractivity contribution in [3.63, 3.8) is 0 Å². The lowest BCUT2D eigenvalue weighted by atomic mass is 10.2. The minimum atomic E-state index is -0.0106. The molecule has 1 saturated carbocycles. The summed E-state index contributed by atoms with van der Waals surface area (Å²) in [6.45, 7) is 1.15. The summed E-state index contributed by atoms with van der Waals surface area (Å²) in [4.78, 5) is 11.6. The lowest BCUT2D eigenvalue weighted by Gasteiger charge is -2.04. The third-order valence-corrected chi connectivity index (χ3v) is 3.91. The number of carbonyl (C=O) groups excluding carboxylic acids is 1. The summed E-state index contributed by atoms with van der Waals surface area (Å²) in [5.74, 6) is -0.0106. The predicted molar refractivity (Wildman–Crippen MR) is 80.9 cm³/mol. The van der Waals surface area contributed by atoms with Gasteiger partial charge in [0.25, 0.3) is 0 Å². The number of likely N-dealkylation sites (N-methyl/N-ethyl adjacent to an activating group) is 1. The highest BCUT2D eigenvalue weighted by molar-refractivity contribution is 6.31. The Morgan fingerprint density at radius 3 is 2.95 bits per heavy atom. The smallest absolute Gasteiger partial charge is 0.239 e. The van der Waals surface area contributed by atoms with Crippen molar-refractivity contribution in [3.8, 4) is 0 Å². The molecule has 0 bridgehead atoms. The van der Waals surface area contributed by atoms with Gasteiger partial charge in [-0.2, -0.15) is 0 Å². The van der Waals surface area contributed by atoms with E-state index < -0.39 is 0 Å². The van der Waals surface area contributed by atoms with Gasteiger partial charge < -0.3 is 15.2 Å². The van der Waals surface area contributed by atoms with Gasteiger partial charge in [-0.3, -0.25) is 4.79 Å². The van der Waals surface area contributed by atoms with Crippen molar-refractivity contribution >= 4 is 28.4 Å². The molecule has 20 heavy (non-hydrogen) atoms. The number of aromatic nitrogens is 1. The SMILES string of the molecule is CNC(=O)Cn1cc(CNC2CC2)c2ccc(Cl)cc21. The third kappa shape index (κ3) is 2.81. The Labute approximate surface area is 123 Å². The first kappa shape index (κ1) is 13.5. The van der Waals surface area contributed by atoms with Gasteiger partial charge in [0.1, 0.15) is 6.54 Å². The zero-order chi connectivity index (χ0) is 14.1. The molecular weight excluding hydrogens is 274 g/mol. The van der Waals surface area contributed by atoms with Crippen LogP contribution in [0.2, 0.25) is 5.02 Å². The second-order valence-electron chi connectivity index (χ2n) is 5.27. The number of nitrogens with zero attached hydrogens (tertiary/aromatic N) is 1. The van der Waals surface area contributed by atoms with E-state index in [0.717, 1.165) is 17.4 Å². The molecular formula is C15H18ClN3O. The van der Waals surface area contributed by atoms with Crippen molar-refractivity contribution in [1.29, 1.82) is 0 Å². The van der Waals surface area contributed by atoms with Gasteiger partial charge in [0.15, 0.2) is 0 Å². The van der Waals surface area contributed by atoms with E-state index in [1.165, 1.54) is 18.4 Å². The molecule has 0 saturated heterocycles. The van der Waals surface area contributed by atoms with Gasteiger partial charge in [-0.25, -0.2) is 0 Å². The third-order valence-electron chi connectivity index (χ3n) is 3.68. The van der Waals surface area contributed by atoms with Crippen LogP contribution in [0.4, 0.5) is 0 Å². The van der Waals surface area contributed by atoms with E-state index in [4.69, 9.17) is 11.6 Å². The van der Waals surface area contributed by atoms with Crippen molar-refractivity contribution in [3.05, 3.63) is 35.0 Å². The second-order valence-corrected chi connectivity index (χ2v) is 5.71. The molecule has 1 aromatic carbocycles. The first-order valence-electron chi connectivity index (χ1n) is 6.88. The zero-order valence-corrected chi connectivity index (χ0v) is 12.2. The predicted octanol–water partition coefficient (Wildman–Crippen LogP) is 2.29. The number of hydrogen-bond acceptors (Lipinski definition) is 2. The van der Waals surface area contributed by atoms with Gasteiger partial charge >= 0.3 is 0 Å². The van der Waals surface area contributed by atoms with Crippen molar-refractivity contribution in [2.75, 3.05) is 7.05 Å². The molecule has 2 aromatic rings. The Kier molecular flexibility index (Phi) is 3.68. The second kappa shape index (κ2) is 5.46. The topological polar surface area (TPSA) is 46.1 Å². The lowest BCUT2D eigenvalue weighted by Crippen LogP contribution is -2.23. The zero-order valence-electron chi connectivity index (χ0n) is 11.4.